The third-order valence-corrected chi connectivity index (χ3v) is 3.03. The second-order valence-corrected chi connectivity index (χ2v) is 6.47. The van der Waals surface area contributed by atoms with Gasteiger partial charge < -0.3 is 16.0 Å². The van der Waals surface area contributed by atoms with Crippen LogP contribution in [0.1, 0.15) is 27.2 Å². The molecule has 0 aromatic rings. The number of halogens is 1. The van der Waals surface area contributed by atoms with Crippen molar-refractivity contribution in [2.45, 2.75) is 37.2 Å². The molecule has 0 aliphatic heterocycles. The molecule has 3 N–H and O–H groups in total. The monoisotopic (exact) mass is 383 g/mol. The van der Waals surface area contributed by atoms with Gasteiger partial charge in [-0.05, 0) is 6.92 Å². The van der Waals surface area contributed by atoms with Crippen LogP contribution >= 0.6 is 22.6 Å². The molecule has 0 bridgehead atoms. The lowest BCUT2D eigenvalue weighted by Crippen LogP contribution is -2.48. The molecule has 0 heterocycles. The van der Waals surface area contributed by atoms with Gasteiger partial charge in [0.25, 0.3) is 0 Å². The van der Waals surface area contributed by atoms with Crippen molar-refractivity contribution in [3.8, 4) is 0 Å². The molecule has 2 unspecified atom stereocenters. The number of alkyl halides is 1. The van der Waals surface area contributed by atoms with Crippen molar-refractivity contribution in [2.24, 2.45) is 5.92 Å². The van der Waals surface area contributed by atoms with E-state index in [4.69, 9.17) is 0 Å². The molecule has 0 rings (SSSR count). The Morgan fingerprint density at radius 2 is 1.68 bits per heavy atom. The fourth-order valence-electron chi connectivity index (χ4n) is 1.24. The molecular formula is C12H22IN3O3. The van der Waals surface area contributed by atoms with E-state index in [1.165, 1.54) is 7.05 Å². The van der Waals surface area contributed by atoms with Crippen LogP contribution in [-0.2, 0) is 14.4 Å². The van der Waals surface area contributed by atoms with Gasteiger partial charge in [0.05, 0.1) is 9.97 Å². The van der Waals surface area contributed by atoms with Gasteiger partial charge in [-0.15, -0.1) is 0 Å². The number of hydrogen-bond donors (Lipinski definition) is 3. The molecule has 0 aliphatic carbocycles. The van der Waals surface area contributed by atoms with E-state index < -0.39 is 6.04 Å². The molecule has 0 saturated carbocycles. The molecular weight excluding hydrogens is 361 g/mol. The summed E-state index contributed by atoms with van der Waals surface area (Å²) in [5, 5.41) is 7.98. The van der Waals surface area contributed by atoms with E-state index >= 15 is 0 Å². The number of nitrogens with one attached hydrogen (secondary N) is 3. The number of amides is 3. The molecule has 0 radical (unpaired) electrons. The second-order valence-electron chi connectivity index (χ2n) is 4.60. The van der Waals surface area contributed by atoms with E-state index in [1.54, 1.807) is 20.8 Å². The van der Waals surface area contributed by atoms with Crippen molar-refractivity contribution in [3.05, 3.63) is 0 Å². The Labute approximate surface area is 127 Å². The van der Waals surface area contributed by atoms with Crippen molar-refractivity contribution in [3.63, 3.8) is 0 Å². The average Bonchev–Trinajstić information content (AvgIpc) is 2.34. The summed E-state index contributed by atoms with van der Waals surface area (Å²) in [6.07, 6.45) is 0.143. The summed E-state index contributed by atoms with van der Waals surface area (Å²) in [7, 11) is 1.54. The molecule has 0 aromatic heterocycles. The Balaban J connectivity index is 4.45. The van der Waals surface area contributed by atoms with Gasteiger partial charge in [0.1, 0.15) is 0 Å². The summed E-state index contributed by atoms with van der Waals surface area (Å²) in [5.41, 5.74) is 0. The zero-order valence-electron chi connectivity index (χ0n) is 11.7. The van der Waals surface area contributed by atoms with E-state index in [1.807, 2.05) is 22.6 Å². The molecule has 19 heavy (non-hydrogen) atoms. The fraction of sp³-hybridized carbons (Fsp3) is 0.750. The van der Waals surface area contributed by atoms with Crippen molar-refractivity contribution in [2.75, 3.05) is 13.6 Å². The van der Waals surface area contributed by atoms with Crippen LogP contribution in [0.5, 0.6) is 0 Å². The molecule has 0 fully saturated rings. The Bertz CT molecular complexity index is 332. The van der Waals surface area contributed by atoms with Crippen LogP contribution in [0, 0.1) is 5.92 Å². The standard InChI is InChI=1S/C12H22IN3O3/c1-7(2)11(18)15-6-9(5-10(17)14-4)16-12(19)8(3)13/h7-9H,5-6H2,1-4H3,(H,14,17)(H,15,18)(H,16,19). The smallest absolute Gasteiger partial charge is 0.232 e. The largest absolute Gasteiger partial charge is 0.359 e. The highest BCUT2D eigenvalue weighted by atomic mass is 127. The summed E-state index contributed by atoms with van der Waals surface area (Å²) in [6.45, 7) is 5.59. The first-order valence-corrected chi connectivity index (χ1v) is 7.45. The van der Waals surface area contributed by atoms with Crippen molar-refractivity contribution in [1.29, 1.82) is 0 Å². The maximum Gasteiger partial charge on any atom is 0.232 e. The van der Waals surface area contributed by atoms with Gasteiger partial charge in [0.15, 0.2) is 0 Å². The van der Waals surface area contributed by atoms with Crippen LogP contribution in [0.25, 0.3) is 0 Å². The topological polar surface area (TPSA) is 87.3 Å². The number of rotatable bonds is 7. The third-order valence-electron chi connectivity index (χ3n) is 2.47. The molecule has 110 valence electrons. The van der Waals surface area contributed by atoms with Crippen LogP contribution in [0.15, 0.2) is 0 Å². The third kappa shape index (κ3) is 8.02. The second kappa shape index (κ2) is 9.11. The summed E-state index contributed by atoms with van der Waals surface area (Å²) >= 11 is 2.00. The first-order chi connectivity index (χ1) is 8.77. The predicted molar refractivity (Wildman–Crippen MR) is 81.9 cm³/mol. The Morgan fingerprint density at radius 1 is 1.11 bits per heavy atom. The lowest BCUT2D eigenvalue weighted by atomic mass is 10.1. The molecule has 6 nitrogen and oxygen atoms in total. The minimum absolute atomic E-state index is 0.0984. The van der Waals surface area contributed by atoms with Crippen molar-refractivity contribution >= 4 is 40.3 Å². The molecule has 0 aliphatic rings. The van der Waals surface area contributed by atoms with Gasteiger partial charge in [-0.3, -0.25) is 14.4 Å². The van der Waals surface area contributed by atoms with Crippen molar-refractivity contribution in [1.82, 2.24) is 16.0 Å². The Morgan fingerprint density at radius 3 is 2.11 bits per heavy atom. The van der Waals surface area contributed by atoms with Crippen molar-refractivity contribution < 1.29 is 14.4 Å². The quantitative estimate of drug-likeness (QED) is 0.434. The average molecular weight is 383 g/mol. The summed E-state index contributed by atoms with van der Waals surface area (Å²) in [6, 6.07) is -0.396. The zero-order valence-corrected chi connectivity index (χ0v) is 13.9. The molecule has 7 heteroatoms. The van der Waals surface area contributed by atoms with Gasteiger partial charge in [0, 0.05) is 25.9 Å². The normalized spacial score (nSPS) is 13.6. The van der Waals surface area contributed by atoms with Gasteiger partial charge in [-0.2, -0.15) is 0 Å². The maximum absolute atomic E-state index is 11.6. The Hall–Kier alpha value is -0.860. The van der Waals surface area contributed by atoms with E-state index in [-0.39, 0.29) is 40.5 Å². The first-order valence-electron chi connectivity index (χ1n) is 6.20. The molecule has 0 spiro atoms. The van der Waals surface area contributed by atoms with Crippen LogP contribution in [0.2, 0.25) is 0 Å². The summed E-state index contributed by atoms with van der Waals surface area (Å²) < 4.78 is -0.189. The molecule has 2 atom stereocenters. The van der Waals surface area contributed by atoms with Gasteiger partial charge in [-0.1, -0.05) is 36.4 Å². The van der Waals surface area contributed by atoms with E-state index in [2.05, 4.69) is 16.0 Å². The Kier molecular flexibility index (Phi) is 8.70. The van der Waals surface area contributed by atoms with Crippen LogP contribution in [0.3, 0.4) is 0 Å². The van der Waals surface area contributed by atoms with Gasteiger partial charge in [0.2, 0.25) is 17.7 Å². The van der Waals surface area contributed by atoms with Gasteiger partial charge in [-0.25, -0.2) is 0 Å². The summed E-state index contributed by atoms with van der Waals surface area (Å²) in [4.78, 5) is 34.5. The number of hydrogen-bond acceptors (Lipinski definition) is 3. The highest BCUT2D eigenvalue weighted by Crippen LogP contribution is 2.01. The van der Waals surface area contributed by atoms with Crippen LogP contribution in [0.4, 0.5) is 0 Å². The molecule has 0 saturated heterocycles. The highest BCUT2D eigenvalue weighted by molar-refractivity contribution is 14.1. The minimum Gasteiger partial charge on any atom is -0.359 e. The lowest BCUT2D eigenvalue weighted by Gasteiger charge is -2.20. The first kappa shape index (κ1) is 18.1. The minimum atomic E-state index is -0.396. The number of carbonyl (C=O) groups is 3. The van der Waals surface area contributed by atoms with E-state index in [0.717, 1.165) is 0 Å². The fourth-order valence-corrected chi connectivity index (χ4v) is 1.42. The van der Waals surface area contributed by atoms with E-state index in [9.17, 15) is 14.4 Å². The lowest BCUT2D eigenvalue weighted by molar-refractivity contribution is -0.126. The van der Waals surface area contributed by atoms with Gasteiger partial charge >= 0.3 is 0 Å². The zero-order chi connectivity index (χ0) is 15.0. The van der Waals surface area contributed by atoms with E-state index in [0.29, 0.717) is 0 Å². The predicted octanol–water partition coefficient (Wildman–Crippen LogP) is 0.203. The summed E-state index contributed by atoms with van der Waals surface area (Å²) in [5.74, 6) is -0.544. The van der Waals surface area contributed by atoms with Crippen LogP contribution in [-0.4, -0.2) is 41.3 Å². The number of carbonyl (C=O) groups excluding carboxylic acids is 3. The van der Waals surface area contributed by atoms with Crippen LogP contribution < -0.4 is 16.0 Å². The maximum atomic E-state index is 11.6. The SMILES string of the molecule is CNC(=O)CC(CNC(=O)C(C)C)NC(=O)C(C)I. The molecule has 0 aromatic carbocycles. The molecule has 3 amide bonds. The highest BCUT2D eigenvalue weighted by Gasteiger charge is 2.19.